The number of imidazole rings is 1. The van der Waals surface area contributed by atoms with Crippen molar-refractivity contribution in [1.29, 1.82) is 0 Å². The lowest BCUT2D eigenvalue weighted by atomic mass is 10.3. The van der Waals surface area contributed by atoms with Crippen molar-refractivity contribution in [3.05, 3.63) is 29.5 Å². The van der Waals surface area contributed by atoms with Crippen molar-refractivity contribution in [3.8, 4) is 0 Å². The van der Waals surface area contributed by atoms with Crippen molar-refractivity contribution in [3.63, 3.8) is 0 Å². The first-order valence-electron chi connectivity index (χ1n) is 7.42. The van der Waals surface area contributed by atoms with E-state index in [2.05, 4.69) is 25.6 Å². The number of rotatable bonds is 6. The van der Waals surface area contributed by atoms with Crippen LogP contribution in [0.15, 0.2) is 17.3 Å². The second kappa shape index (κ2) is 10.3. The number of amides is 2. The Bertz CT molecular complexity index is 825. The molecule has 9 N–H and O–H groups in total. The Labute approximate surface area is 168 Å². The molecule has 0 aliphatic heterocycles. The van der Waals surface area contributed by atoms with Gasteiger partial charge in [-0.1, -0.05) is 0 Å². The fourth-order valence-electron chi connectivity index (χ4n) is 2.09. The van der Waals surface area contributed by atoms with Crippen LogP contribution in [0.4, 0.5) is 11.5 Å². The summed E-state index contributed by atoms with van der Waals surface area (Å²) in [6.07, 6.45) is 1.54. The summed E-state index contributed by atoms with van der Waals surface area (Å²) >= 11 is 0. The largest absolute Gasteiger partial charge is 0.382 e. The number of hydrogen-bond acceptors (Lipinski definition) is 5. The average Bonchev–Trinajstić information content (AvgIpc) is 3.11. The van der Waals surface area contributed by atoms with Crippen LogP contribution in [-0.2, 0) is 7.05 Å². The first-order valence-corrected chi connectivity index (χ1v) is 7.42. The monoisotopic (exact) mass is 419 g/mol. The molecule has 11 nitrogen and oxygen atoms in total. The van der Waals surface area contributed by atoms with Crippen LogP contribution in [0.1, 0.15) is 26.8 Å². The molecule has 0 bridgehead atoms. The summed E-state index contributed by atoms with van der Waals surface area (Å²) in [4.78, 5) is 35.1. The van der Waals surface area contributed by atoms with Crippen LogP contribution in [-0.4, -0.2) is 45.4 Å². The number of halogens is 2. The quantitative estimate of drug-likeness (QED) is 0.212. The zero-order valence-electron chi connectivity index (χ0n) is 14.8. The molecule has 0 fully saturated rings. The van der Waals surface area contributed by atoms with E-state index in [1.165, 1.54) is 0 Å². The van der Waals surface area contributed by atoms with Gasteiger partial charge in [0.25, 0.3) is 11.8 Å². The Morgan fingerprint density at radius 1 is 1.30 bits per heavy atom. The predicted molar refractivity (Wildman–Crippen MR) is 109 cm³/mol. The maximum atomic E-state index is 12.4. The van der Waals surface area contributed by atoms with Gasteiger partial charge in [0.2, 0.25) is 5.82 Å². The van der Waals surface area contributed by atoms with Crippen molar-refractivity contribution in [1.82, 2.24) is 19.9 Å². The Morgan fingerprint density at radius 2 is 1.96 bits per heavy atom. The van der Waals surface area contributed by atoms with Gasteiger partial charge in [0, 0.05) is 19.8 Å². The third kappa shape index (κ3) is 5.79. The normalized spacial score (nSPS) is 9.56. The number of nitrogens with zero attached hydrogens (tertiary/aromatic N) is 3. The maximum absolute atomic E-state index is 12.4. The van der Waals surface area contributed by atoms with Gasteiger partial charge in [0.05, 0.1) is 17.9 Å². The highest BCUT2D eigenvalue weighted by Gasteiger charge is 2.19. The molecule has 2 amide bonds. The van der Waals surface area contributed by atoms with E-state index in [0.29, 0.717) is 11.4 Å². The topological polar surface area (TPSA) is 182 Å². The molecule has 0 unspecified atom stereocenters. The number of hydrogen-bond donors (Lipinski definition) is 6. The molecule has 2 heterocycles. The molecule has 2 aromatic rings. The third-order valence-electron chi connectivity index (χ3n) is 3.53. The zero-order valence-corrected chi connectivity index (χ0v) is 16.4. The summed E-state index contributed by atoms with van der Waals surface area (Å²) in [6, 6.07) is 1.57. The van der Waals surface area contributed by atoms with Crippen LogP contribution in [0.3, 0.4) is 0 Å². The lowest BCUT2D eigenvalue weighted by Crippen LogP contribution is -2.29. The number of carbonyl (C=O) groups excluding carboxylic acids is 2. The number of nitrogen functional groups attached to an aromatic ring is 1. The van der Waals surface area contributed by atoms with Crippen LogP contribution >= 0.6 is 24.8 Å². The Kier molecular flexibility index (Phi) is 9.17. The second-order valence-electron chi connectivity index (χ2n) is 5.25. The highest BCUT2D eigenvalue weighted by Crippen LogP contribution is 2.16. The van der Waals surface area contributed by atoms with E-state index in [1.54, 1.807) is 30.8 Å². The van der Waals surface area contributed by atoms with E-state index in [4.69, 9.17) is 17.2 Å². The number of nitrogens with two attached hydrogens (primary N) is 3. The lowest BCUT2D eigenvalue weighted by Gasteiger charge is -2.07. The van der Waals surface area contributed by atoms with E-state index in [-0.39, 0.29) is 61.2 Å². The van der Waals surface area contributed by atoms with Gasteiger partial charge in [-0.25, -0.2) is 4.98 Å². The SMILES string of the molecule is Cc1c(N)nc(C(=O)Nc2cc[nH]c2C(=O)NCCN=C(N)N)n1C.Cl.Cl. The van der Waals surface area contributed by atoms with Crippen molar-refractivity contribution >= 4 is 54.1 Å². The molecule has 27 heavy (non-hydrogen) atoms. The van der Waals surface area contributed by atoms with Gasteiger partial charge in [-0.2, -0.15) is 0 Å². The fourth-order valence-corrected chi connectivity index (χ4v) is 2.09. The molecular weight excluding hydrogens is 397 g/mol. The number of aromatic nitrogens is 3. The number of H-pyrrole nitrogens is 1. The summed E-state index contributed by atoms with van der Waals surface area (Å²) in [7, 11) is 1.68. The first kappa shape index (κ1) is 24.1. The van der Waals surface area contributed by atoms with Gasteiger partial charge in [-0.3, -0.25) is 14.6 Å². The molecule has 0 spiro atoms. The number of anilines is 2. The summed E-state index contributed by atoms with van der Waals surface area (Å²) < 4.78 is 1.58. The van der Waals surface area contributed by atoms with Gasteiger partial charge in [-0.05, 0) is 13.0 Å². The smallest absolute Gasteiger partial charge is 0.291 e. The van der Waals surface area contributed by atoms with Gasteiger partial charge in [0.1, 0.15) is 11.5 Å². The molecule has 13 heteroatoms. The number of guanidine groups is 1. The molecule has 150 valence electrons. The molecule has 0 radical (unpaired) electrons. The molecule has 0 aromatic carbocycles. The van der Waals surface area contributed by atoms with Crippen LogP contribution in [0.25, 0.3) is 0 Å². The number of carbonyl (C=O) groups is 2. The molecular formula is C14H23Cl2N9O2. The third-order valence-corrected chi connectivity index (χ3v) is 3.53. The molecule has 0 aliphatic carbocycles. The molecule has 0 saturated heterocycles. The fraction of sp³-hybridized carbons (Fsp3) is 0.286. The van der Waals surface area contributed by atoms with Gasteiger partial charge in [0.15, 0.2) is 5.96 Å². The Hall–Kier alpha value is -2.92. The predicted octanol–water partition coefficient (Wildman–Crippen LogP) is -0.262. The van der Waals surface area contributed by atoms with Crippen molar-refractivity contribution in [2.24, 2.45) is 23.5 Å². The van der Waals surface area contributed by atoms with Gasteiger partial charge in [-0.15, -0.1) is 24.8 Å². The summed E-state index contributed by atoms with van der Waals surface area (Å²) in [5, 5.41) is 5.28. The van der Waals surface area contributed by atoms with E-state index in [9.17, 15) is 9.59 Å². The number of nitrogens with one attached hydrogen (secondary N) is 3. The van der Waals surface area contributed by atoms with E-state index in [0.717, 1.165) is 0 Å². The van der Waals surface area contributed by atoms with Crippen LogP contribution in [0.2, 0.25) is 0 Å². The van der Waals surface area contributed by atoms with E-state index < -0.39 is 11.8 Å². The summed E-state index contributed by atoms with van der Waals surface area (Å²) in [6.45, 7) is 2.26. The van der Waals surface area contributed by atoms with Crippen molar-refractivity contribution in [2.45, 2.75) is 6.92 Å². The second-order valence-corrected chi connectivity index (χ2v) is 5.25. The molecule has 2 rings (SSSR count). The highest BCUT2D eigenvalue weighted by molar-refractivity contribution is 6.07. The van der Waals surface area contributed by atoms with Crippen LogP contribution in [0.5, 0.6) is 0 Å². The minimum atomic E-state index is -0.476. The summed E-state index contributed by atoms with van der Waals surface area (Å²) in [5.74, 6) is -0.500. The van der Waals surface area contributed by atoms with Crippen LogP contribution < -0.4 is 27.8 Å². The van der Waals surface area contributed by atoms with Crippen molar-refractivity contribution in [2.75, 3.05) is 24.1 Å². The molecule has 0 atom stereocenters. The zero-order chi connectivity index (χ0) is 18.6. The van der Waals surface area contributed by atoms with E-state index >= 15 is 0 Å². The lowest BCUT2D eigenvalue weighted by molar-refractivity contribution is 0.0951. The minimum Gasteiger partial charge on any atom is -0.382 e. The van der Waals surface area contributed by atoms with Gasteiger partial charge >= 0.3 is 0 Å². The van der Waals surface area contributed by atoms with E-state index in [1.807, 2.05) is 0 Å². The minimum absolute atomic E-state index is 0. The van der Waals surface area contributed by atoms with Crippen LogP contribution in [0, 0.1) is 6.92 Å². The molecule has 2 aromatic heterocycles. The number of aromatic amines is 1. The molecule has 0 aliphatic rings. The number of aliphatic imine (C=N–C) groups is 1. The van der Waals surface area contributed by atoms with Crippen molar-refractivity contribution < 1.29 is 9.59 Å². The standard InChI is InChI=1S/C14H21N9O2.2ClH/c1-7-10(15)22-11(23(7)2)13(25)21-8-3-4-18-9(8)12(24)19-5-6-20-14(16)17;;/h3-4,18H,5-6,15H2,1-2H3,(H,19,24)(H,21,25)(H4,16,17,20);2*1H. The molecule has 0 saturated carbocycles. The Morgan fingerprint density at radius 3 is 2.52 bits per heavy atom. The Balaban J connectivity index is 0.00000338. The highest BCUT2D eigenvalue weighted by atomic mass is 35.5. The van der Waals surface area contributed by atoms with Gasteiger partial charge < -0.3 is 37.4 Å². The summed E-state index contributed by atoms with van der Waals surface area (Å²) in [5.41, 5.74) is 17.3. The maximum Gasteiger partial charge on any atom is 0.291 e. The average molecular weight is 420 g/mol. The first-order chi connectivity index (χ1) is 11.8.